The van der Waals surface area contributed by atoms with E-state index in [1.165, 1.54) is 13.6 Å². The lowest BCUT2D eigenvalue weighted by molar-refractivity contribution is 0.990. The molecule has 48 valence electrons. The van der Waals surface area contributed by atoms with Crippen LogP contribution in [0.5, 0.6) is 0 Å². The third-order valence-corrected chi connectivity index (χ3v) is 1.64. The van der Waals surface area contributed by atoms with Crippen LogP contribution in [0.1, 0.15) is 0 Å². The minimum Gasteiger partial charge on any atom is -0.331 e. The molecule has 0 amide bonds. The molecule has 1 rings (SSSR count). The molecule has 1 aliphatic rings. The zero-order valence-electron chi connectivity index (χ0n) is 5.59. The monoisotopic (exact) mass is 121 g/mol. The first-order valence-electron chi connectivity index (χ1n) is 3.47. The Morgan fingerprint density at radius 1 is 1.56 bits per heavy atom. The van der Waals surface area contributed by atoms with Crippen molar-refractivity contribution in [3.05, 3.63) is 24.3 Å². The van der Waals surface area contributed by atoms with Gasteiger partial charge in [-0.15, -0.1) is 0 Å². The predicted molar refractivity (Wildman–Crippen MR) is 43.0 cm³/mol. The number of hydrogen-bond acceptors (Lipinski definition) is 1. The first-order chi connectivity index (χ1) is 4.43. The average Bonchev–Trinajstić information content (AvgIpc) is 2.13. The first kappa shape index (κ1) is 6.62. The third-order valence-electron chi connectivity index (χ3n) is 1.64. The van der Waals surface area contributed by atoms with Gasteiger partial charge in [-0.1, -0.05) is 30.6 Å². The fraction of sp³-hybridized carbons (Fsp3) is 0.429. The second kappa shape index (κ2) is 3.52. The molecule has 1 aliphatic heterocycles. The highest BCUT2D eigenvalue weighted by Gasteiger charge is 2.02. The first-order valence-corrected chi connectivity index (χ1v) is 3.47. The van der Waals surface area contributed by atoms with Crippen molar-refractivity contribution < 1.29 is 0 Å². The summed E-state index contributed by atoms with van der Waals surface area (Å²) in [6.45, 7) is 0.790. The van der Waals surface area contributed by atoms with E-state index >= 15 is 0 Å². The maximum Gasteiger partial charge on any atom is 0.134 e. The van der Waals surface area contributed by atoms with E-state index in [2.05, 4.69) is 24.3 Å². The van der Waals surface area contributed by atoms with Crippen molar-refractivity contribution in [1.29, 1.82) is 0 Å². The standard InChI is InChI=1S/C7H12BN/c9-6-7-4-2-1-3-5-8-7/h1-4,7-8H,5-6,9H2. The molecule has 2 heteroatoms. The summed E-state index contributed by atoms with van der Waals surface area (Å²) in [7, 11) is 1.21. The summed E-state index contributed by atoms with van der Waals surface area (Å²) < 4.78 is 0. The molecule has 2 N–H and O–H groups in total. The van der Waals surface area contributed by atoms with E-state index in [4.69, 9.17) is 5.73 Å². The Kier molecular flexibility index (Phi) is 2.59. The SMILES string of the molecule is NCC1BCC=CC=C1. The smallest absolute Gasteiger partial charge is 0.134 e. The summed E-state index contributed by atoms with van der Waals surface area (Å²) >= 11 is 0. The van der Waals surface area contributed by atoms with Crippen LogP contribution in [0.25, 0.3) is 0 Å². The molecule has 1 nitrogen and oxygen atoms in total. The minimum atomic E-state index is 0.611. The molecule has 0 aromatic heterocycles. The predicted octanol–water partition coefficient (Wildman–Crippen LogP) is 0.714. The summed E-state index contributed by atoms with van der Waals surface area (Å²) in [6.07, 6.45) is 9.73. The van der Waals surface area contributed by atoms with Gasteiger partial charge in [0.15, 0.2) is 0 Å². The minimum absolute atomic E-state index is 0.611. The summed E-state index contributed by atoms with van der Waals surface area (Å²) in [6, 6.07) is 0. The molecule has 1 atom stereocenters. The topological polar surface area (TPSA) is 26.0 Å². The normalized spacial score (nSPS) is 25.2. The molecule has 0 radical (unpaired) electrons. The molecule has 0 saturated carbocycles. The third kappa shape index (κ3) is 2.06. The maximum absolute atomic E-state index is 5.49. The Morgan fingerprint density at radius 2 is 2.44 bits per heavy atom. The molecule has 0 aliphatic carbocycles. The molecule has 9 heavy (non-hydrogen) atoms. The van der Waals surface area contributed by atoms with Gasteiger partial charge in [-0.05, 0) is 12.4 Å². The molecule has 0 bridgehead atoms. The van der Waals surface area contributed by atoms with E-state index in [9.17, 15) is 0 Å². The maximum atomic E-state index is 5.49. The lowest BCUT2D eigenvalue weighted by Crippen LogP contribution is -2.11. The van der Waals surface area contributed by atoms with Crippen LogP contribution < -0.4 is 5.73 Å². The van der Waals surface area contributed by atoms with E-state index in [0.717, 1.165) is 6.54 Å². The van der Waals surface area contributed by atoms with Gasteiger partial charge in [0, 0.05) is 0 Å². The lowest BCUT2D eigenvalue weighted by atomic mass is 9.62. The van der Waals surface area contributed by atoms with Crippen LogP contribution in [0.3, 0.4) is 0 Å². The molecule has 0 aromatic rings. The number of nitrogens with two attached hydrogens (primary N) is 1. The van der Waals surface area contributed by atoms with Crippen LogP contribution in [0.2, 0.25) is 12.1 Å². The van der Waals surface area contributed by atoms with Gasteiger partial charge in [-0.3, -0.25) is 0 Å². The molecular formula is C7H12BN. The Morgan fingerprint density at radius 3 is 3.22 bits per heavy atom. The van der Waals surface area contributed by atoms with Crippen LogP contribution >= 0.6 is 0 Å². The molecule has 0 aromatic carbocycles. The van der Waals surface area contributed by atoms with Gasteiger partial charge >= 0.3 is 0 Å². The van der Waals surface area contributed by atoms with Gasteiger partial charge in [0.2, 0.25) is 0 Å². The zero-order chi connectivity index (χ0) is 6.53. The van der Waals surface area contributed by atoms with Crippen molar-refractivity contribution in [1.82, 2.24) is 0 Å². The van der Waals surface area contributed by atoms with E-state index in [-0.39, 0.29) is 0 Å². The molecule has 1 heterocycles. The van der Waals surface area contributed by atoms with E-state index in [0.29, 0.717) is 5.82 Å². The fourth-order valence-electron chi connectivity index (χ4n) is 0.999. The molecule has 1 unspecified atom stereocenters. The second-order valence-electron chi connectivity index (χ2n) is 2.39. The van der Waals surface area contributed by atoms with Crippen LogP contribution in [0.4, 0.5) is 0 Å². The van der Waals surface area contributed by atoms with Crippen molar-refractivity contribution in [3.8, 4) is 0 Å². The summed E-state index contributed by atoms with van der Waals surface area (Å²) in [5.74, 6) is 0.611. The summed E-state index contributed by atoms with van der Waals surface area (Å²) in [5.41, 5.74) is 5.49. The van der Waals surface area contributed by atoms with Crippen LogP contribution in [0.15, 0.2) is 24.3 Å². The van der Waals surface area contributed by atoms with Gasteiger partial charge in [-0.25, -0.2) is 0 Å². The Balaban J connectivity index is 2.41. The Labute approximate surface area is 56.9 Å². The van der Waals surface area contributed by atoms with Gasteiger partial charge in [0.1, 0.15) is 7.28 Å². The van der Waals surface area contributed by atoms with E-state index in [1.54, 1.807) is 0 Å². The van der Waals surface area contributed by atoms with Gasteiger partial charge in [-0.2, -0.15) is 0 Å². The van der Waals surface area contributed by atoms with Gasteiger partial charge < -0.3 is 5.73 Å². The Bertz CT molecular complexity index is 129. The van der Waals surface area contributed by atoms with Crippen molar-refractivity contribution in [2.24, 2.45) is 5.73 Å². The van der Waals surface area contributed by atoms with Crippen LogP contribution in [-0.2, 0) is 0 Å². The van der Waals surface area contributed by atoms with Crippen molar-refractivity contribution >= 4 is 7.28 Å². The molecule has 0 fully saturated rings. The Hall–Kier alpha value is -0.495. The average molecular weight is 121 g/mol. The fourth-order valence-corrected chi connectivity index (χ4v) is 0.999. The molecule has 0 spiro atoms. The lowest BCUT2D eigenvalue weighted by Gasteiger charge is -2.02. The van der Waals surface area contributed by atoms with Crippen molar-refractivity contribution in [2.75, 3.05) is 6.54 Å². The number of rotatable bonds is 1. The summed E-state index contributed by atoms with van der Waals surface area (Å²) in [5, 5.41) is 0. The molecular weight excluding hydrogens is 109 g/mol. The molecule has 0 saturated heterocycles. The van der Waals surface area contributed by atoms with E-state index in [1.807, 2.05) is 0 Å². The van der Waals surface area contributed by atoms with Crippen LogP contribution in [0, 0.1) is 0 Å². The quantitative estimate of drug-likeness (QED) is 0.508. The highest BCUT2D eigenvalue weighted by Crippen LogP contribution is 2.08. The number of allylic oxidation sites excluding steroid dienone is 3. The highest BCUT2D eigenvalue weighted by atomic mass is 14.5. The zero-order valence-corrected chi connectivity index (χ0v) is 5.59. The van der Waals surface area contributed by atoms with Crippen LogP contribution in [-0.4, -0.2) is 13.8 Å². The second-order valence-corrected chi connectivity index (χ2v) is 2.39. The van der Waals surface area contributed by atoms with Gasteiger partial charge in [0.25, 0.3) is 0 Å². The van der Waals surface area contributed by atoms with E-state index < -0.39 is 0 Å². The number of hydrogen-bond donors (Lipinski definition) is 1. The van der Waals surface area contributed by atoms with Gasteiger partial charge in [0.05, 0.1) is 0 Å². The van der Waals surface area contributed by atoms with Crippen molar-refractivity contribution in [2.45, 2.75) is 12.1 Å². The highest BCUT2D eigenvalue weighted by molar-refractivity contribution is 6.39. The largest absolute Gasteiger partial charge is 0.331 e. The van der Waals surface area contributed by atoms with Crippen molar-refractivity contribution in [3.63, 3.8) is 0 Å². The summed E-state index contributed by atoms with van der Waals surface area (Å²) in [4.78, 5) is 0.